The van der Waals surface area contributed by atoms with Crippen molar-refractivity contribution in [2.24, 2.45) is 0 Å². The highest BCUT2D eigenvalue weighted by Crippen LogP contribution is 2.31. The zero-order valence-electron chi connectivity index (χ0n) is 15.2. The van der Waals surface area contributed by atoms with E-state index in [1.54, 1.807) is 20.8 Å². The standard InChI is InChI=1S/C16H21NO8S2/c1-16(2,3)25-14(20)8-17(27(22)23)11-7-10(5-6-12(11)24-4)15(21)26-9-13(18)19/h5-7H,8-9H2,1-4H3,(H,18,19)(H,22,23)/p-1. The Morgan fingerprint density at radius 1 is 1.30 bits per heavy atom. The van der Waals surface area contributed by atoms with Crippen molar-refractivity contribution in [1.82, 2.24) is 0 Å². The van der Waals surface area contributed by atoms with Crippen molar-refractivity contribution in [3.63, 3.8) is 0 Å². The van der Waals surface area contributed by atoms with Crippen molar-refractivity contribution in [2.45, 2.75) is 26.4 Å². The number of benzene rings is 1. The highest BCUT2D eigenvalue weighted by molar-refractivity contribution is 8.14. The zero-order valence-corrected chi connectivity index (χ0v) is 16.8. The van der Waals surface area contributed by atoms with Crippen molar-refractivity contribution in [3.8, 4) is 5.75 Å². The van der Waals surface area contributed by atoms with Gasteiger partial charge in [0.2, 0.25) is 5.12 Å². The molecule has 0 amide bonds. The van der Waals surface area contributed by atoms with Crippen molar-refractivity contribution < 1.29 is 37.7 Å². The first-order valence-electron chi connectivity index (χ1n) is 7.60. The molecule has 1 atom stereocenters. The van der Waals surface area contributed by atoms with Crippen LogP contribution in [0.5, 0.6) is 5.75 Å². The minimum absolute atomic E-state index is 0.0431. The Morgan fingerprint density at radius 3 is 2.41 bits per heavy atom. The van der Waals surface area contributed by atoms with E-state index in [0.29, 0.717) is 16.1 Å². The van der Waals surface area contributed by atoms with Crippen LogP contribution >= 0.6 is 11.8 Å². The van der Waals surface area contributed by atoms with E-state index >= 15 is 0 Å². The van der Waals surface area contributed by atoms with Gasteiger partial charge in [-0.3, -0.25) is 22.9 Å². The maximum atomic E-state index is 12.1. The van der Waals surface area contributed by atoms with E-state index < -0.39 is 46.2 Å². The molecule has 1 aromatic carbocycles. The van der Waals surface area contributed by atoms with Crippen LogP contribution in [-0.2, 0) is 25.6 Å². The number of ether oxygens (including phenoxy) is 2. The molecular weight excluding hydrogens is 398 g/mol. The molecule has 0 aliphatic heterocycles. The lowest BCUT2D eigenvalue weighted by Gasteiger charge is -2.29. The van der Waals surface area contributed by atoms with Gasteiger partial charge >= 0.3 is 11.9 Å². The maximum absolute atomic E-state index is 12.1. The van der Waals surface area contributed by atoms with Crippen LogP contribution < -0.4 is 9.04 Å². The Bertz CT molecular complexity index is 744. The average molecular weight is 418 g/mol. The highest BCUT2D eigenvalue weighted by atomic mass is 32.2. The summed E-state index contributed by atoms with van der Waals surface area (Å²) in [6, 6.07) is 3.95. The van der Waals surface area contributed by atoms with Gasteiger partial charge in [-0.15, -0.1) is 0 Å². The van der Waals surface area contributed by atoms with Crippen LogP contribution in [0.3, 0.4) is 0 Å². The monoisotopic (exact) mass is 418 g/mol. The molecule has 0 heterocycles. The van der Waals surface area contributed by atoms with Crippen LogP contribution in [0.25, 0.3) is 0 Å². The molecule has 1 aromatic rings. The van der Waals surface area contributed by atoms with Crippen LogP contribution in [0.2, 0.25) is 0 Å². The van der Waals surface area contributed by atoms with Crippen molar-refractivity contribution in [2.75, 3.05) is 23.7 Å². The second-order valence-corrected chi connectivity index (χ2v) is 8.02. The minimum atomic E-state index is -2.86. The summed E-state index contributed by atoms with van der Waals surface area (Å²) >= 11 is -2.30. The van der Waals surface area contributed by atoms with Gasteiger partial charge in [0.05, 0.1) is 18.6 Å². The predicted molar refractivity (Wildman–Crippen MR) is 99.5 cm³/mol. The van der Waals surface area contributed by atoms with Gasteiger partial charge in [0.25, 0.3) is 0 Å². The lowest BCUT2D eigenvalue weighted by Crippen LogP contribution is -2.36. The second kappa shape index (κ2) is 9.72. The van der Waals surface area contributed by atoms with Crippen LogP contribution in [0.1, 0.15) is 31.1 Å². The smallest absolute Gasteiger partial charge is 0.327 e. The molecule has 0 bridgehead atoms. The van der Waals surface area contributed by atoms with Crippen LogP contribution in [0.4, 0.5) is 5.69 Å². The molecule has 0 radical (unpaired) electrons. The third-order valence-electron chi connectivity index (χ3n) is 2.88. The fourth-order valence-corrected chi connectivity index (χ4v) is 2.99. The SMILES string of the molecule is COc1ccc(C(=O)SCC(=O)O)cc1N(CC(=O)OC(C)(C)C)S(=O)[O-]. The molecule has 0 aliphatic rings. The van der Waals surface area contributed by atoms with Crippen LogP contribution in [0.15, 0.2) is 18.2 Å². The topological polar surface area (TPSA) is 133 Å². The van der Waals surface area contributed by atoms with Gasteiger partial charge in [-0.2, -0.15) is 0 Å². The van der Waals surface area contributed by atoms with E-state index in [1.807, 2.05) is 0 Å². The number of carbonyl (C=O) groups is 3. The molecule has 0 saturated carbocycles. The summed E-state index contributed by atoms with van der Waals surface area (Å²) in [7, 11) is 1.30. The number of carboxylic acid groups (broad SMARTS) is 1. The number of rotatable bonds is 8. The number of hydrogen-bond acceptors (Lipinski definition) is 8. The highest BCUT2D eigenvalue weighted by Gasteiger charge is 2.23. The van der Waals surface area contributed by atoms with Gasteiger partial charge in [0.1, 0.15) is 17.9 Å². The number of carbonyl (C=O) groups excluding carboxylic acids is 2. The molecule has 9 nitrogen and oxygen atoms in total. The van der Waals surface area contributed by atoms with Gasteiger partial charge < -0.3 is 19.1 Å². The summed E-state index contributed by atoms with van der Waals surface area (Å²) in [5.41, 5.74) is -0.780. The van der Waals surface area contributed by atoms with E-state index in [4.69, 9.17) is 14.6 Å². The summed E-state index contributed by atoms with van der Waals surface area (Å²) in [4.78, 5) is 34.7. The van der Waals surface area contributed by atoms with Gasteiger partial charge in [-0.25, -0.2) is 0 Å². The zero-order chi connectivity index (χ0) is 20.8. The first-order valence-corrected chi connectivity index (χ1v) is 9.62. The molecule has 27 heavy (non-hydrogen) atoms. The summed E-state index contributed by atoms with van der Waals surface area (Å²) in [5.74, 6) is -2.27. The Labute approximate surface area is 163 Å². The molecule has 0 spiro atoms. The second-order valence-electron chi connectivity index (χ2n) is 6.20. The first kappa shape index (κ1) is 22.9. The van der Waals surface area contributed by atoms with E-state index in [9.17, 15) is 23.1 Å². The van der Waals surface area contributed by atoms with E-state index in [0.717, 1.165) is 0 Å². The lowest BCUT2D eigenvalue weighted by molar-refractivity contribution is -0.152. The van der Waals surface area contributed by atoms with Crippen molar-refractivity contribution >= 4 is 45.8 Å². The van der Waals surface area contributed by atoms with E-state index in [1.165, 1.54) is 25.3 Å². The summed E-state index contributed by atoms with van der Waals surface area (Å²) in [6.07, 6.45) is 0. The van der Waals surface area contributed by atoms with Gasteiger partial charge in [0.15, 0.2) is 0 Å². The first-order chi connectivity index (χ1) is 12.4. The molecule has 1 unspecified atom stereocenters. The van der Waals surface area contributed by atoms with Gasteiger partial charge in [-0.1, -0.05) is 11.8 Å². The number of thioether (sulfide) groups is 1. The molecule has 1 N–H and O–H groups in total. The molecule has 150 valence electrons. The predicted octanol–water partition coefficient (Wildman–Crippen LogP) is 1.60. The molecule has 0 aliphatic carbocycles. The van der Waals surface area contributed by atoms with E-state index in [-0.39, 0.29) is 17.0 Å². The fraction of sp³-hybridized carbons (Fsp3) is 0.438. The number of methoxy groups -OCH3 is 1. The normalized spacial score (nSPS) is 12.2. The Kier molecular flexibility index (Phi) is 8.25. The lowest BCUT2D eigenvalue weighted by atomic mass is 10.2. The summed E-state index contributed by atoms with van der Waals surface area (Å²) < 4.78 is 34.3. The van der Waals surface area contributed by atoms with Crippen LogP contribution in [0, 0.1) is 0 Å². The summed E-state index contributed by atoms with van der Waals surface area (Å²) in [6.45, 7) is 4.30. The van der Waals surface area contributed by atoms with Crippen LogP contribution in [-0.4, -0.2) is 55.9 Å². The molecular formula is C16H20NO8S2-. The Hall–Kier alpha value is -2.11. The fourth-order valence-electron chi connectivity index (χ4n) is 1.93. The third-order valence-corrected chi connectivity index (χ3v) is 4.46. The number of nitrogens with zero attached hydrogens (tertiary/aromatic N) is 1. The quantitative estimate of drug-likeness (QED) is 0.493. The van der Waals surface area contributed by atoms with Gasteiger partial charge in [0, 0.05) is 16.8 Å². The summed E-state index contributed by atoms with van der Waals surface area (Å²) in [5, 5.41) is 8.10. The van der Waals surface area contributed by atoms with Crippen molar-refractivity contribution in [1.29, 1.82) is 0 Å². The molecule has 0 aromatic heterocycles. The Morgan fingerprint density at radius 2 is 1.93 bits per heavy atom. The number of hydrogen-bond donors (Lipinski definition) is 1. The number of esters is 1. The van der Waals surface area contributed by atoms with Gasteiger partial charge in [-0.05, 0) is 39.0 Å². The molecule has 0 fully saturated rings. The third kappa shape index (κ3) is 7.57. The molecule has 1 rings (SSSR count). The maximum Gasteiger partial charge on any atom is 0.327 e. The number of carboxylic acids is 1. The number of anilines is 1. The molecule has 0 saturated heterocycles. The molecule has 11 heteroatoms. The largest absolute Gasteiger partial charge is 0.755 e. The van der Waals surface area contributed by atoms with E-state index in [2.05, 4.69) is 0 Å². The number of aliphatic carboxylic acids is 1. The minimum Gasteiger partial charge on any atom is -0.755 e. The Balaban J connectivity index is 3.18. The van der Waals surface area contributed by atoms with Crippen molar-refractivity contribution in [3.05, 3.63) is 23.8 Å². The average Bonchev–Trinajstić information content (AvgIpc) is 2.55.